The summed E-state index contributed by atoms with van der Waals surface area (Å²) in [5.41, 5.74) is 1.46. The lowest BCUT2D eigenvalue weighted by Crippen LogP contribution is -2.30. The van der Waals surface area contributed by atoms with Gasteiger partial charge in [-0.15, -0.1) is 11.3 Å². The molecule has 1 aliphatic heterocycles. The van der Waals surface area contributed by atoms with Crippen LogP contribution in [0, 0.1) is 0 Å². The van der Waals surface area contributed by atoms with Crippen molar-refractivity contribution in [2.75, 3.05) is 38.2 Å². The van der Waals surface area contributed by atoms with Crippen LogP contribution < -0.4 is 4.90 Å². The summed E-state index contributed by atoms with van der Waals surface area (Å²) in [7, 11) is 2.03. The van der Waals surface area contributed by atoms with E-state index in [0.717, 1.165) is 42.5 Å². The minimum absolute atomic E-state index is 0.149. The van der Waals surface area contributed by atoms with Gasteiger partial charge in [-0.25, -0.2) is 9.97 Å². The van der Waals surface area contributed by atoms with Crippen LogP contribution in [-0.2, 0) is 19.4 Å². The Labute approximate surface area is 147 Å². The average Bonchev–Trinajstić information content (AvgIpc) is 3.16. The maximum Gasteiger partial charge on any atom is 0.146 e. The lowest BCUT2D eigenvalue weighted by molar-refractivity contribution is 0.216. The maximum absolute atomic E-state index is 9.35. The minimum Gasteiger partial charge on any atom is -0.395 e. The van der Waals surface area contributed by atoms with Gasteiger partial charge in [0.05, 0.1) is 18.5 Å². The van der Waals surface area contributed by atoms with E-state index in [1.54, 1.807) is 0 Å². The molecule has 0 unspecified atom stereocenters. The topological polar surface area (TPSA) is 52.5 Å². The number of nitrogens with zero attached hydrogens (tertiary/aromatic N) is 4. The molecule has 24 heavy (non-hydrogen) atoms. The van der Waals surface area contributed by atoms with Gasteiger partial charge in [-0.05, 0) is 50.8 Å². The standard InChI is InChI=1S/C18H26N4OS/c1-21(10-11-23)17-16-13-6-5-7-14(13)24-18(16)20-15(19-17)12-22-8-3-2-4-9-22/h23H,2-12H2,1H3. The first-order valence-corrected chi connectivity index (χ1v) is 9.93. The monoisotopic (exact) mass is 346 g/mol. The molecule has 2 aliphatic rings. The van der Waals surface area contributed by atoms with E-state index in [1.165, 1.54) is 47.9 Å². The van der Waals surface area contributed by atoms with Crippen LogP contribution >= 0.6 is 11.3 Å². The first-order chi connectivity index (χ1) is 11.8. The van der Waals surface area contributed by atoms with Crippen molar-refractivity contribution in [3.63, 3.8) is 0 Å². The highest BCUT2D eigenvalue weighted by atomic mass is 32.1. The van der Waals surface area contributed by atoms with Crippen molar-refractivity contribution in [2.24, 2.45) is 0 Å². The fourth-order valence-electron chi connectivity index (χ4n) is 3.94. The molecule has 1 saturated heterocycles. The van der Waals surface area contributed by atoms with Gasteiger partial charge in [0.15, 0.2) is 0 Å². The zero-order valence-electron chi connectivity index (χ0n) is 14.4. The maximum atomic E-state index is 9.35. The molecule has 0 saturated carbocycles. The lowest BCUT2D eigenvalue weighted by atomic mass is 10.1. The zero-order chi connectivity index (χ0) is 16.5. The van der Waals surface area contributed by atoms with Crippen LogP contribution in [0.15, 0.2) is 0 Å². The van der Waals surface area contributed by atoms with Gasteiger partial charge in [0.25, 0.3) is 0 Å². The number of thiophene rings is 1. The smallest absolute Gasteiger partial charge is 0.146 e. The highest BCUT2D eigenvalue weighted by molar-refractivity contribution is 7.19. The SMILES string of the molecule is CN(CCO)c1nc(CN2CCCCC2)nc2sc3c(c12)CCC3. The number of fused-ring (bicyclic) bond motifs is 3. The third-order valence-electron chi connectivity index (χ3n) is 5.20. The Morgan fingerprint density at radius 3 is 2.75 bits per heavy atom. The molecule has 0 bridgehead atoms. The van der Waals surface area contributed by atoms with Crippen molar-refractivity contribution in [2.45, 2.75) is 45.1 Å². The van der Waals surface area contributed by atoms with Crippen LogP contribution in [0.3, 0.4) is 0 Å². The second-order valence-electron chi connectivity index (χ2n) is 6.98. The molecular formula is C18H26N4OS. The van der Waals surface area contributed by atoms with E-state index in [4.69, 9.17) is 9.97 Å². The molecule has 0 spiro atoms. The number of likely N-dealkylation sites (tertiary alicyclic amines) is 1. The number of hydrogen-bond donors (Lipinski definition) is 1. The van der Waals surface area contributed by atoms with Crippen LogP contribution in [0.2, 0.25) is 0 Å². The molecule has 0 amide bonds. The molecule has 2 aromatic rings. The second kappa shape index (κ2) is 6.94. The molecule has 2 aromatic heterocycles. The lowest BCUT2D eigenvalue weighted by Gasteiger charge is -2.26. The molecule has 0 aromatic carbocycles. The van der Waals surface area contributed by atoms with Gasteiger partial charge in [-0.1, -0.05) is 6.42 Å². The van der Waals surface area contributed by atoms with Crippen LogP contribution in [0.25, 0.3) is 10.2 Å². The number of anilines is 1. The third-order valence-corrected chi connectivity index (χ3v) is 6.39. The molecule has 1 N–H and O–H groups in total. The Kier molecular flexibility index (Phi) is 4.70. The van der Waals surface area contributed by atoms with Gasteiger partial charge >= 0.3 is 0 Å². The van der Waals surface area contributed by atoms with Gasteiger partial charge in [0, 0.05) is 18.5 Å². The molecule has 1 aliphatic carbocycles. The van der Waals surface area contributed by atoms with Crippen molar-refractivity contribution in [3.8, 4) is 0 Å². The van der Waals surface area contributed by atoms with Crippen LogP contribution in [-0.4, -0.2) is 53.3 Å². The molecule has 1 fully saturated rings. The molecule has 4 rings (SSSR count). The Hall–Kier alpha value is -1.24. The quantitative estimate of drug-likeness (QED) is 0.902. The number of aromatic nitrogens is 2. The van der Waals surface area contributed by atoms with Crippen molar-refractivity contribution >= 4 is 27.4 Å². The molecule has 5 nitrogen and oxygen atoms in total. The van der Waals surface area contributed by atoms with E-state index in [2.05, 4.69) is 9.80 Å². The summed E-state index contributed by atoms with van der Waals surface area (Å²) in [6.07, 6.45) is 7.49. The first kappa shape index (κ1) is 16.2. The molecule has 0 atom stereocenters. The van der Waals surface area contributed by atoms with Gasteiger partial charge in [-0.3, -0.25) is 4.90 Å². The number of aliphatic hydroxyl groups excluding tert-OH is 1. The van der Waals surface area contributed by atoms with Crippen molar-refractivity contribution in [1.29, 1.82) is 0 Å². The van der Waals surface area contributed by atoms with E-state index in [1.807, 2.05) is 18.4 Å². The second-order valence-corrected chi connectivity index (χ2v) is 8.07. The first-order valence-electron chi connectivity index (χ1n) is 9.12. The van der Waals surface area contributed by atoms with Crippen LogP contribution in [0.5, 0.6) is 0 Å². The Bertz CT molecular complexity index is 723. The Morgan fingerprint density at radius 2 is 1.96 bits per heavy atom. The van der Waals surface area contributed by atoms with E-state index in [0.29, 0.717) is 6.54 Å². The normalized spacial score (nSPS) is 18.2. The molecule has 3 heterocycles. The number of hydrogen-bond acceptors (Lipinski definition) is 6. The fourth-order valence-corrected chi connectivity index (χ4v) is 5.21. The van der Waals surface area contributed by atoms with Gasteiger partial charge in [-0.2, -0.15) is 0 Å². The van der Waals surface area contributed by atoms with Crippen LogP contribution in [0.4, 0.5) is 5.82 Å². The average molecular weight is 347 g/mol. The van der Waals surface area contributed by atoms with Gasteiger partial charge in [0.2, 0.25) is 0 Å². The predicted octanol–water partition coefficient (Wildman–Crippen LogP) is 2.59. The highest BCUT2D eigenvalue weighted by Gasteiger charge is 2.24. The van der Waals surface area contributed by atoms with Gasteiger partial charge in [0.1, 0.15) is 16.5 Å². The summed E-state index contributed by atoms with van der Waals surface area (Å²) in [5.74, 6) is 1.95. The summed E-state index contributed by atoms with van der Waals surface area (Å²) in [5, 5.41) is 10.6. The number of piperidine rings is 1. The summed E-state index contributed by atoms with van der Waals surface area (Å²) in [4.78, 5) is 17.0. The summed E-state index contributed by atoms with van der Waals surface area (Å²) < 4.78 is 0. The fraction of sp³-hybridized carbons (Fsp3) is 0.667. The van der Waals surface area contributed by atoms with Crippen molar-refractivity contribution in [1.82, 2.24) is 14.9 Å². The van der Waals surface area contributed by atoms with Gasteiger partial charge < -0.3 is 10.0 Å². The predicted molar refractivity (Wildman–Crippen MR) is 98.9 cm³/mol. The number of aryl methyl sites for hydroxylation is 2. The van der Waals surface area contributed by atoms with E-state index in [-0.39, 0.29) is 6.61 Å². The summed E-state index contributed by atoms with van der Waals surface area (Å²) in [6, 6.07) is 0. The largest absolute Gasteiger partial charge is 0.395 e. The number of rotatable bonds is 5. The van der Waals surface area contributed by atoms with E-state index < -0.39 is 0 Å². The summed E-state index contributed by atoms with van der Waals surface area (Å²) in [6.45, 7) is 3.92. The molecule has 0 radical (unpaired) electrons. The number of aliphatic hydroxyl groups is 1. The van der Waals surface area contributed by atoms with E-state index >= 15 is 0 Å². The van der Waals surface area contributed by atoms with Crippen molar-refractivity contribution < 1.29 is 5.11 Å². The number of likely N-dealkylation sites (N-methyl/N-ethyl adjacent to an activating group) is 1. The molecular weight excluding hydrogens is 320 g/mol. The van der Waals surface area contributed by atoms with Crippen LogP contribution in [0.1, 0.15) is 41.9 Å². The van der Waals surface area contributed by atoms with Crippen molar-refractivity contribution in [3.05, 3.63) is 16.3 Å². The summed E-state index contributed by atoms with van der Waals surface area (Å²) >= 11 is 1.85. The Morgan fingerprint density at radius 1 is 1.12 bits per heavy atom. The minimum atomic E-state index is 0.149. The molecule has 6 heteroatoms. The molecule has 130 valence electrons. The highest BCUT2D eigenvalue weighted by Crippen LogP contribution is 2.40. The zero-order valence-corrected chi connectivity index (χ0v) is 15.2. The third kappa shape index (κ3) is 3.03. The Balaban J connectivity index is 1.73. The van der Waals surface area contributed by atoms with E-state index in [9.17, 15) is 5.11 Å².